The van der Waals surface area contributed by atoms with Gasteiger partial charge in [0.2, 0.25) is 0 Å². The zero-order valence-electron chi connectivity index (χ0n) is 19.9. The van der Waals surface area contributed by atoms with Gasteiger partial charge in [-0.25, -0.2) is 23.2 Å². The van der Waals surface area contributed by atoms with Gasteiger partial charge in [0, 0.05) is 33.0 Å². The Morgan fingerprint density at radius 1 is 1.29 bits per heavy atom. The van der Waals surface area contributed by atoms with E-state index < -0.39 is 29.9 Å². The smallest absolute Gasteiger partial charge is 0.410 e. The number of pyridine rings is 1. The van der Waals surface area contributed by atoms with Crippen molar-refractivity contribution in [3.8, 4) is 17.1 Å². The Labute approximate surface area is 201 Å². The number of ether oxygens (including phenoxy) is 2. The Kier molecular flexibility index (Phi) is 6.91. The summed E-state index contributed by atoms with van der Waals surface area (Å²) in [5, 5.41) is 17.4. The second-order valence-electron chi connectivity index (χ2n) is 9.31. The second kappa shape index (κ2) is 9.74. The molecule has 2 atom stereocenters. The lowest BCUT2D eigenvalue weighted by Gasteiger charge is -2.40. The van der Waals surface area contributed by atoms with Gasteiger partial charge in [-0.15, -0.1) is 5.10 Å². The van der Waals surface area contributed by atoms with Gasteiger partial charge >= 0.3 is 12.1 Å². The molecule has 2 saturated carbocycles. The molecule has 0 bridgehead atoms. The lowest BCUT2D eigenvalue weighted by Crippen LogP contribution is -2.51. The van der Waals surface area contributed by atoms with Crippen molar-refractivity contribution < 1.29 is 33.0 Å². The molecule has 0 saturated heterocycles. The average molecular weight is 494 g/mol. The molecule has 2 aromatic rings. The number of hydrogen-bond acceptors (Lipinski definition) is 7. The predicted molar refractivity (Wildman–Crippen MR) is 119 cm³/mol. The molecule has 190 valence electrons. The van der Waals surface area contributed by atoms with Gasteiger partial charge < -0.3 is 19.5 Å². The topological polar surface area (TPSA) is 120 Å². The summed E-state index contributed by atoms with van der Waals surface area (Å²) in [5.74, 6) is -3.35. The van der Waals surface area contributed by atoms with E-state index in [1.165, 1.54) is 16.6 Å². The second-order valence-corrected chi connectivity index (χ2v) is 9.31. The maximum atomic E-state index is 13.1. The van der Waals surface area contributed by atoms with Crippen LogP contribution in [0.15, 0.2) is 12.1 Å². The summed E-state index contributed by atoms with van der Waals surface area (Å²) < 4.78 is 39.1. The Bertz CT molecular complexity index is 1100. The number of carbonyl (C=O) groups excluding carboxylic acids is 1. The summed E-state index contributed by atoms with van der Waals surface area (Å²) in [4.78, 5) is 29.4. The SMILES string of the molecule is Cc1nc(-c2nnn(C)c2COC(=O)N(C)C2CC(F)(F)C2)ccc1O[C@H]1CCC[C@@H](C(=O)O)C1. The molecule has 2 aliphatic carbocycles. The predicted octanol–water partition coefficient (Wildman–Crippen LogP) is 3.57. The standard InChI is InChI=1S/C23H29F2N5O5/c1-13-19(35-16-6-4-5-14(9-16)21(31)32)8-7-17(26-13)20-18(30(3)28-27-20)12-34-22(33)29(2)15-10-23(24,25)11-15/h7-8,14-16H,4-6,9-12H2,1-3H3,(H,31,32)/t14-,16+/m1/s1. The lowest BCUT2D eigenvalue weighted by molar-refractivity contribution is -0.143. The van der Waals surface area contributed by atoms with E-state index in [-0.39, 0.29) is 25.6 Å². The fourth-order valence-electron chi connectivity index (χ4n) is 4.48. The number of carboxylic acids is 1. The molecule has 1 N–H and O–H groups in total. The molecule has 4 rings (SSSR count). The van der Waals surface area contributed by atoms with Crippen molar-refractivity contribution in [2.24, 2.45) is 13.0 Å². The molecule has 0 radical (unpaired) electrons. The van der Waals surface area contributed by atoms with Crippen LogP contribution in [-0.4, -0.2) is 67.2 Å². The average Bonchev–Trinajstić information content (AvgIpc) is 3.17. The van der Waals surface area contributed by atoms with Crippen molar-refractivity contribution >= 4 is 12.1 Å². The summed E-state index contributed by atoms with van der Waals surface area (Å²) in [7, 11) is 3.10. The van der Waals surface area contributed by atoms with E-state index in [4.69, 9.17) is 9.47 Å². The van der Waals surface area contributed by atoms with E-state index >= 15 is 0 Å². The fraction of sp³-hybridized carbons (Fsp3) is 0.609. The minimum absolute atomic E-state index is 0.150. The van der Waals surface area contributed by atoms with Crippen molar-refractivity contribution in [2.75, 3.05) is 7.05 Å². The molecule has 0 unspecified atom stereocenters. The van der Waals surface area contributed by atoms with E-state index in [0.29, 0.717) is 41.4 Å². The van der Waals surface area contributed by atoms with Gasteiger partial charge in [-0.3, -0.25) is 4.79 Å². The van der Waals surface area contributed by atoms with E-state index in [9.17, 15) is 23.5 Å². The van der Waals surface area contributed by atoms with Crippen molar-refractivity contribution in [3.05, 3.63) is 23.5 Å². The van der Waals surface area contributed by atoms with Crippen molar-refractivity contribution in [2.45, 2.75) is 70.1 Å². The number of alkyl halides is 2. The molecule has 2 aliphatic rings. The molecule has 2 aromatic heterocycles. The third kappa shape index (κ3) is 5.51. The maximum Gasteiger partial charge on any atom is 0.410 e. The third-order valence-electron chi connectivity index (χ3n) is 6.73. The monoisotopic (exact) mass is 493 g/mol. The number of hydrogen-bond donors (Lipinski definition) is 1. The molecular formula is C23H29F2N5O5. The van der Waals surface area contributed by atoms with Crippen LogP contribution in [0, 0.1) is 12.8 Å². The first kappa shape index (κ1) is 24.8. The van der Waals surface area contributed by atoms with E-state index in [1.54, 1.807) is 26.1 Å². The highest BCUT2D eigenvalue weighted by Crippen LogP contribution is 2.40. The number of nitrogens with zero attached hydrogens (tertiary/aromatic N) is 5. The normalized spacial score (nSPS) is 21.7. The van der Waals surface area contributed by atoms with Gasteiger partial charge in [0.25, 0.3) is 5.92 Å². The van der Waals surface area contributed by atoms with Crippen LogP contribution < -0.4 is 4.74 Å². The molecule has 0 aromatic carbocycles. The first-order chi connectivity index (χ1) is 16.5. The van der Waals surface area contributed by atoms with Gasteiger partial charge in [-0.2, -0.15) is 0 Å². The highest BCUT2D eigenvalue weighted by molar-refractivity contribution is 5.70. The van der Waals surface area contributed by atoms with Gasteiger partial charge in [0.1, 0.15) is 23.7 Å². The highest BCUT2D eigenvalue weighted by atomic mass is 19.3. The number of carbonyl (C=O) groups is 2. The largest absolute Gasteiger partial charge is 0.489 e. The van der Waals surface area contributed by atoms with Crippen LogP contribution in [0.5, 0.6) is 5.75 Å². The number of amides is 1. The van der Waals surface area contributed by atoms with Gasteiger partial charge in [0.05, 0.1) is 23.4 Å². The summed E-state index contributed by atoms with van der Waals surface area (Å²) >= 11 is 0. The van der Waals surface area contributed by atoms with Crippen molar-refractivity contribution in [1.29, 1.82) is 0 Å². The molecule has 10 nitrogen and oxygen atoms in total. The van der Waals surface area contributed by atoms with Crippen LogP contribution in [0.25, 0.3) is 11.4 Å². The number of rotatable bonds is 7. The van der Waals surface area contributed by atoms with Gasteiger partial charge in [-0.1, -0.05) is 5.21 Å². The van der Waals surface area contributed by atoms with Crippen LogP contribution in [0.1, 0.15) is 49.9 Å². The summed E-state index contributed by atoms with van der Waals surface area (Å²) in [5.41, 5.74) is 2.05. The molecule has 1 amide bonds. The molecule has 0 aliphatic heterocycles. The first-order valence-electron chi connectivity index (χ1n) is 11.6. The van der Waals surface area contributed by atoms with Crippen LogP contribution in [0.2, 0.25) is 0 Å². The Morgan fingerprint density at radius 3 is 2.69 bits per heavy atom. The zero-order chi connectivity index (χ0) is 25.3. The van der Waals surface area contributed by atoms with E-state index in [0.717, 1.165) is 12.8 Å². The number of aryl methyl sites for hydroxylation is 2. The van der Waals surface area contributed by atoms with Crippen molar-refractivity contribution in [1.82, 2.24) is 24.9 Å². The van der Waals surface area contributed by atoms with Crippen LogP contribution in [-0.2, 0) is 23.2 Å². The van der Waals surface area contributed by atoms with Crippen molar-refractivity contribution in [3.63, 3.8) is 0 Å². The minimum Gasteiger partial charge on any atom is -0.489 e. The number of aliphatic carboxylic acids is 1. The summed E-state index contributed by atoms with van der Waals surface area (Å²) in [6.07, 6.45) is 1.09. The molecule has 2 fully saturated rings. The zero-order valence-corrected chi connectivity index (χ0v) is 19.9. The molecular weight excluding hydrogens is 464 g/mol. The van der Waals surface area contributed by atoms with Crippen LogP contribution >= 0.6 is 0 Å². The number of carboxylic acid groups (broad SMARTS) is 1. The quantitative estimate of drug-likeness (QED) is 0.622. The molecule has 2 heterocycles. The van der Waals surface area contributed by atoms with Gasteiger partial charge in [0.15, 0.2) is 0 Å². The third-order valence-corrected chi connectivity index (χ3v) is 6.73. The summed E-state index contributed by atoms with van der Waals surface area (Å²) in [6.45, 7) is 1.64. The Balaban J connectivity index is 1.41. The molecule has 0 spiro atoms. The number of halogens is 2. The van der Waals surface area contributed by atoms with Crippen LogP contribution in [0.4, 0.5) is 13.6 Å². The fourth-order valence-corrected chi connectivity index (χ4v) is 4.48. The first-order valence-corrected chi connectivity index (χ1v) is 11.6. The highest BCUT2D eigenvalue weighted by Gasteiger charge is 2.48. The molecule has 12 heteroatoms. The number of aromatic nitrogens is 4. The van der Waals surface area contributed by atoms with E-state index in [1.807, 2.05) is 0 Å². The lowest BCUT2D eigenvalue weighted by atomic mass is 9.87. The van der Waals surface area contributed by atoms with Gasteiger partial charge in [-0.05, 0) is 44.7 Å². The van der Waals surface area contributed by atoms with E-state index in [2.05, 4.69) is 15.3 Å². The van der Waals surface area contributed by atoms with Crippen LogP contribution in [0.3, 0.4) is 0 Å². The summed E-state index contributed by atoms with van der Waals surface area (Å²) in [6, 6.07) is 2.93. The minimum atomic E-state index is -2.73. The maximum absolute atomic E-state index is 13.1. The molecule has 35 heavy (non-hydrogen) atoms. The Hall–Kier alpha value is -3.31. The Morgan fingerprint density at radius 2 is 2.03 bits per heavy atom.